The number of hydrogen-bond donors (Lipinski definition) is 1. The van der Waals surface area contributed by atoms with E-state index in [1.807, 2.05) is 62.4 Å². The summed E-state index contributed by atoms with van der Waals surface area (Å²) in [4.78, 5) is 16.8. The van der Waals surface area contributed by atoms with Crippen LogP contribution < -0.4 is 10.1 Å². The van der Waals surface area contributed by atoms with Gasteiger partial charge in [-0.1, -0.05) is 30.3 Å². The summed E-state index contributed by atoms with van der Waals surface area (Å²) in [5, 5.41) is 3.90. The second-order valence-electron chi connectivity index (χ2n) is 5.83. The number of amides is 1. The van der Waals surface area contributed by atoms with Gasteiger partial charge in [-0.3, -0.25) is 9.78 Å². The number of nitrogens with zero attached hydrogens (tertiary/aromatic N) is 1. The first-order chi connectivity index (χ1) is 11.6. The third-order valence-electron chi connectivity index (χ3n) is 4.12. The second kappa shape index (κ2) is 6.71. The van der Waals surface area contributed by atoms with Crippen molar-refractivity contribution in [1.82, 2.24) is 4.98 Å². The molecule has 0 unspecified atom stereocenters. The number of para-hydroxylation sites is 1. The molecule has 0 saturated heterocycles. The lowest BCUT2D eigenvalue weighted by Gasteiger charge is -2.17. The molecule has 122 valence electrons. The molecule has 0 aliphatic carbocycles. The minimum absolute atomic E-state index is 0.200. The highest BCUT2D eigenvalue weighted by Crippen LogP contribution is 2.23. The molecule has 1 aromatic heterocycles. The van der Waals surface area contributed by atoms with Gasteiger partial charge in [0.1, 0.15) is 5.75 Å². The fourth-order valence-corrected chi connectivity index (χ4v) is 2.54. The number of rotatable bonds is 4. The van der Waals surface area contributed by atoms with Crippen LogP contribution in [0.15, 0.2) is 54.7 Å². The predicted molar refractivity (Wildman–Crippen MR) is 96.4 cm³/mol. The Balaban J connectivity index is 1.77. The van der Waals surface area contributed by atoms with Crippen LogP contribution in [0.4, 0.5) is 5.69 Å². The predicted octanol–water partition coefficient (Wildman–Crippen LogP) is 4.26. The van der Waals surface area contributed by atoms with Gasteiger partial charge in [-0.05, 0) is 50.1 Å². The van der Waals surface area contributed by atoms with Crippen molar-refractivity contribution < 1.29 is 9.53 Å². The van der Waals surface area contributed by atoms with E-state index < -0.39 is 6.10 Å². The normalized spacial score (nSPS) is 12.0. The van der Waals surface area contributed by atoms with Crippen LogP contribution in [0.3, 0.4) is 0 Å². The van der Waals surface area contributed by atoms with Crippen molar-refractivity contribution in [3.05, 3.63) is 65.9 Å². The molecule has 0 bridgehead atoms. The highest BCUT2D eigenvalue weighted by Gasteiger charge is 2.17. The number of nitrogens with one attached hydrogen (secondary N) is 1. The molecular weight excluding hydrogens is 300 g/mol. The van der Waals surface area contributed by atoms with Crippen LogP contribution in [0.25, 0.3) is 10.9 Å². The maximum atomic E-state index is 12.5. The zero-order valence-corrected chi connectivity index (χ0v) is 14.0. The van der Waals surface area contributed by atoms with E-state index in [-0.39, 0.29) is 5.91 Å². The summed E-state index contributed by atoms with van der Waals surface area (Å²) >= 11 is 0. The quantitative estimate of drug-likeness (QED) is 0.781. The van der Waals surface area contributed by atoms with Crippen molar-refractivity contribution in [3.63, 3.8) is 0 Å². The number of carbonyl (C=O) groups excluding carboxylic acids is 1. The molecule has 4 heteroatoms. The molecule has 3 rings (SSSR count). The fraction of sp³-hybridized carbons (Fsp3) is 0.200. The molecule has 1 atom stereocenters. The van der Waals surface area contributed by atoms with E-state index in [4.69, 9.17) is 4.74 Å². The van der Waals surface area contributed by atoms with Gasteiger partial charge in [0.15, 0.2) is 6.10 Å². The Hall–Kier alpha value is -2.88. The van der Waals surface area contributed by atoms with Crippen molar-refractivity contribution in [1.29, 1.82) is 0 Å². The number of anilines is 1. The summed E-state index contributed by atoms with van der Waals surface area (Å²) < 4.78 is 5.84. The number of ether oxygens (including phenoxy) is 1. The van der Waals surface area contributed by atoms with Crippen LogP contribution in [0.1, 0.15) is 18.1 Å². The summed E-state index contributed by atoms with van der Waals surface area (Å²) in [6.07, 6.45) is 1.11. The third kappa shape index (κ3) is 3.23. The van der Waals surface area contributed by atoms with Crippen LogP contribution in [0.2, 0.25) is 0 Å². The zero-order chi connectivity index (χ0) is 17.1. The number of fused-ring (bicyclic) bond motifs is 1. The Bertz CT molecular complexity index is 884. The molecular formula is C20H20N2O2. The molecule has 24 heavy (non-hydrogen) atoms. The minimum Gasteiger partial charge on any atom is -0.481 e. The van der Waals surface area contributed by atoms with E-state index >= 15 is 0 Å². The smallest absolute Gasteiger partial charge is 0.265 e. The Kier molecular flexibility index (Phi) is 4.47. The summed E-state index contributed by atoms with van der Waals surface area (Å²) in [5.41, 5.74) is 3.64. The Labute approximate surface area is 141 Å². The van der Waals surface area contributed by atoms with Gasteiger partial charge >= 0.3 is 0 Å². The largest absolute Gasteiger partial charge is 0.481 e. The van der Waals surface area contributed by atoms with Crippen molar-refractivity contribution >= 4 is 22.5 Å². The molecule has 2 aromatic carbocycles. The van der Waals surface area contributed by atoms with E-state index in [1.54, 1.807) is 13.1 Å². The maximum absolute atomic E-state index is 12.5. The van der Waals surface area contributed by atoms with Gasteiger partial charge in [0.25, 0.3) is 5.91 Å². The topological polar surface area (TPSA) is 51.2 Å². The monoisotopic (exact) mass is 320 g/mol. The number of aromatic nitrogens is 1. The molecule has 1 heterocycles. The summed E-state index contributed by atoms with van der Waals surface area (Å²) in [6.45, 7) is 5.76. The van der Waals surface area contributed by atoms with Crippen LogP contribution in [-0.2, 0) is 4.79 Å². The van der Waals surface area contributed by atoms with Gasteiger partial charge in [0.05, 0.1) is 11.2 Å². The second-order valence-corrected chi connectivity index (χ2v) is 5.83. The highest BCUT2D eigenvalue weighted by molar-refractivity contribution is 6.01. The average Bonchev–Trinajstić information content (AvgIpc) is 2.59. The van der Waals surface area contributed by atoms with E-state index in [1.165, 1.54) is 0 Å². The molecule has 1 N–H and O–H groups in total. The Morgan fingerprint density at radius 2 is 1.83 bits per heavy atom. The molecule has 0 fully saturated rings. The van der Waals surface area contributed by atoms with E-state index in [9.17, 15) is 4.79 Å². The summed E-state index contributed by atoms with van der Waals surface area (Å²) in [5.74, 6) is 0.530. The first kappa shape index (κ1) is 16.0. The van der Waals surface area contributed by atoms with Crippen molar-refractivity contribution in [2.75, 3.05) is 5.32 Å². The molecule has 0 saturated carbocycles. The van der Waals surface area contributed by atoms with Crippen LogP contribution in [-0.4, -0.2) is 17.0 Å². The van der Waals surface area contributed by atoms with Gasteiger partial charge in [0, 0.05) is 11.6 Å². The fourth-order valence-electron chi connectivity index (χ4n) is 2.54. The standard InChI is InChI=1S/C20H20N2O2/c1-13-7-4-11-18(14(13)2)24-15(3)20(23)22-17-10-5-8-16-9-6-12-21-19(16)17/h4-12,15H,1-3H3,(H,22,23)/t15-/m1/s1. The SMILES string of the molecule is Cc1cccc(O[C@H](C)C(=O)Nc2cccc3cccnc23)c1C. The van der Waals surface area contributed by atoms with Gasteiger partial charge in [-0.15, -0.1) is 0 Å². The van der Waals surface area contributed by atoms with Gasteiger partial charge in [0.2, 0.25) is 0 Å². The third-order valence-corrected chi connectivity index (χ3v) is 4.12. The van der Waals surface area contributed by atoms with Gasteiger partial charge < -0.3 is 10.1 Å². The van der Waals surface area contributed by atoms with Gasteiger partial charge in [-0.2, -0.15) is 0 Å². The molecule has 3 aromatic rings. The van der Waals surface area contributed by atoms with Crippen molar-refractivity contribution in [2.45, 2.75) is 26.9 Å². The number of hydrogen-bond acceptors (Lipinski definition) is 3. The lowest BCUT2D eigenvalue weighted by molar-refractivity contribution is -0.122. The highest BCUT2D eigenvalue weighted by atomic mass is 16.5. The van der Waals surface area contributed by atoms with Gasteiger partial charge in [-0.25, -0.2) is 0 Å². The number of aryl methyl sites for hydroxylation is 1. The number of carbonyl (C=O) groups is 1. The summed E-state index contributed by atoms with van der Waals surface area (Å²) in [6, 6.07) is 15.4. The first-order valence-electron chi connectivity index (χ1n) is 7.94. The number of benzene rings is 2. The van der Waals surface area contributed by atoms with Crippen molar-refractivity contribution in [3.8, 4) is 5.75 Å². The molecule has 1 amide bonds. The van der Waals surface area contributed by atoms with Crippen LogP contribution in [0, 0.1) is 13.8 Å². The molecule has 4 nitrogen and oxygen atoms in total. The first-order valence-corrected chi connectivity index (χ1v) is 7.94. The lowest BCUT2D eigenvalue weighted by atomic mass is 10.1. The Morgan fingerprint density at radius 3 is 2.67 bits per heavy atom. The zero-order valence-electron chi connectivity index (χ0n) is 14.0. The molecule has 0 aliphatic heterocycles. The van der Waals surface area contributed by atoms with Crippen LogP contribution >= 0.6 is 0 Å². The number of pyridine rings is 1. The lowest BCUT2D eigenvalue weighted by Crippen LogP contribution is -2.30. The van der Waals surface area contributed by atoms with E-state index in [0.717, 1.165) is 27.8 Å². The van der Waals surface area contributed by atoms with Crippen molar-refractivity contribution in [2.24, 2.45) is 0 Å². The summed E-state index contributed by atoms with van der Waals surface area (Å²) in [7, 11) is 0. The Morgan fingerprint density at radius 1 is 1.08 bits per heavy atom. The molecule has 0 radical (unpaired) electrons. The maximum Gasteiger partial charge on any atom is 0.265 e. The molecule has 0 spiro atoms. The average molecular weight is 320 g/mol. The van der Waals surface area contributed by atoms with E-state index in [2.05, 4.69) is 10.3 Å². The minimum atomic E-state index is -0.607. The molecule has 0 aliphatic rings. The van der Waals surface area contributed by atoms with Crippen LogP contribution in [0.5, 0.6) is 5.75 Å². The van der Waals surface area contributed by atoms with E-state index in [0.29, 0.717) is 5.69 Å².